The van der Waals surface area contributed by atoms with Gasteiger partial charge in [0.2, 0.25) is 0 Å². The van der Waals surface area contributed by atoms with Crippen LogP contribution in [0.2, 0.25) is 0 Å². The normalized spacial score (nSPS) is 12.4. The Morgan fingerprint density at radius 3 is 1.15 bits per heavy atom. The number of nitrogen functional groups attached to an aromatic ring is 2. The maximum atomic E-state index is 6.28. The number of benzene rings is 2. The van der Waals surface area contributed by atoms with E-state index in [-0.39, 0.29) is 0 Å². The summed E-state index contributed by atoms with van der Waals surface area (Å²) in [5.41, 5.74) is 28.3. The molecule has 34 heavy (non-hydrogen) atoms. The lowest BCUT2D eigenvalue weighted by atomic mass is 9.96. The van der Waals surface area contributed by atoms with Gasteiger partial charge in [-0.05, 0) is 126 Å². The maximum Gasteiger partial charge on any atom is 0.0849 e. The predicted molar refractivity (Wildman–Crippen MR) is 148 cm³/mol. The lowest BCUT2D eigenvalue weighted by Crippen LogP contribution is -2.06. The fourth-order valence-electron chi connectivity index (χ4n) is 4.27. The first-order valence-corrected chi connectivity index (χ1v) is 11.7. The number of rotatable bonds is 4. The largest absolute Gasteiger partial charge is 0.398 e. The maximum absolute atomic E-state index is 6.28. The number of pyridine rings is 1. The minimum atomic E-state index is 0.830. The summed E-state index contributed by atoms with van der Waals surface area (Å²) < 4.78 is 0. The smallest absolute Gasteiger partial charge is 0.0849 e. The number of hydrogen-bond donors (Lipinski definition) is 2. The minimum Gasteiger partial charge on any atom is -0.398 e. The van der Waals surface area contributed by atoms with Gasteiger partial charge in [0.05, 0.1) is 34.2 Å². The summed E-state index contributed by atoms with van der Waals surface area (Å²) in [6.07, 6.45) is 0. The molecule has 0 fully saturated rings. The Hall–Kier alpha value is -3.47. The average molecular weight is 456 g/mol. The lowest BCUT2D eigenvalue weighted by molar-refractivity contribution is 1.20. The quantitative estimate of drug-likeness (QED) is 0.328. The topological polar surface area (TPSA) is 89.6 Å². The van der Waals surface area contributed by atoms with Crippen LogP contribution in [0.4, 0.5) is 22.7 Å². The highest BCUT2D eigenvalue weighted by Gasteiger charge is 2.15. The monoisotopic (exact) mass is 455 g/mol. The molecule has 0 saturated carbocycles. The molecule has 0 atom stereocenters. The average Bonchev–Trinajstić information content (AvgIpc) is 2.84. The van der Waals surface area contributed by atoms with Crippen molar-refractivity contribution >= 4 is 34.2 Å². The number of anilines is 2. The second-order valence-corrected chi connectivity index (χ2v) is 9.33. The second kappa shape index (κ2) is 9.41. The number of nitrogens with two attached hydrogens (primary N) is 2. The van der Waals surface area contributed by atoms with Crippen LogP contribution in [0.25, 0.3) is 0 Å². The summed E-state index contributed by atoms with van der Waals surface area (Å²) in [5.74, 6) is 0. The van der Waals surface area contributed by atoms with Gasteiger partial charge in [-0.15, -0.1) is 0 Å². The molecule has 3 aromatic rings. The van der Waals surface area contributed by atoms with Gasteiger partial charge >= 0.3 is 0 Å². The van der Waals surface area contributed by atoms with E-state index in [1.807, 2.05) is 32.0 Å². The van der Waals surface area contributed by atoms with Crippen molar-refractivity contribution in [3.8, 4) is 0 Å². The molecule has 2 aromatic carbocycles. The van der Waals surface area contributed by atoms with Crippen molar-refractivity contribution in [3.63, 3.8) is 0 Å². The summed E-state index contributed by atoms with van der Waals surface area (Å²) in [5, 5.41) is 0. The molecule has 0 aliphatic carbocycles. The van der Waals surface area contributed by atoms with E-state index in [1.54, 1.807) is 0 Å². The Labute approximate surface area is 204 Å². The molecule has 178 valence electrons. The molecule has 0 unspecified atom stereocenters. The summed E-state index contributed by atoms with van der Waals surface area (Å²) in [6.45, 7) is 20.5. The molecule has 1 heterocycles. The van der Waals surface area contributed by atoms with Gasteiger partial charge in [0.25, 0.3) is 0 Å². The minimum absolute atomic E-state index is 0.830. The van der Waals surface area contributed by atoms with E-state index >= 15 is 0 Å². The Balaban J connectivity index is 2.08. The van der Waals surface area contributed by atoms with Crippen molar-refractivity contribution in [2.75, 3.05) is 11.5 Å². The Morgan fingerprint density at radius 2 is 0.853 bits per heavy atom. The Morgan fingerprint density at radius 1 is 0.559 bits per heavy atom. The zero-order chi connectivity index (χ0) is 25.5. The summed E-state index contributed by atoms with van der Waals surface area (Å²) in [4.78, 5) is 14.9. The van der Waals surface area contributed by atoms with Gasteiger partial charge in [-0.3, -0.25) is 9.98 Å². The number of aromatic nitrogens is 1. The SMILES string of the molecule is CC(=Nc1c(C)c(C)c(N)c(C)c1C)c1cccc(C(C)=Nc2c(C)c(C)c(N)c(C)c2C)n1. The molecule has 0 radical (unpaired) electrons. The second-order valence-electron chi connectivity index (χ2n) is 9.33. The first-order chi connectivity index (χ1) is 15.9. The summed E-state index contributed by atoms with van der Waals surface area (Å²) in [7, 11) is 0. The van der Waals surface area contributed by atoms with Crippen molar-refractivity contribution in [1.82, 2.24) is 4.98 Å². The third-order valence-corrected chi connectivity index (χ3v) is 7.34. The molecule has 0 aliphatic rings. The van der Waals surface area contributed by atoms with E-state index in [1.165, 1.54) is 0 Å². The van der Waals surface area contributed by atoms with Gasteiger partial charge in [0.15, 0.2) is 0 Å². The molecule has 0 amide bonds. The van der Waals surface area contributed by atoms with Gasteiger partial charge in [-0.25, -0.2) is 4.98 Å². The van der Waals surface area contributed by atoms with E-state index in [2.05, 4.69) is 55.4 Å². The van der Waals surface area contributed by atoms with Crippen molar-refractivity contribution in [3.05, 3.63) is 74.1 Å². The van der Waals surface area contributed by atoms with Gasteiger partial charge in [-0.1, -0.05) is 6.07 Å². The third kappa shape index (κ3) is 4.35. The molecular weight excluding hydrogens is 418 g/mol. The first-order valence-electron chi connectivity index (χ1n) is 11.7. The van der Waals surface area contributed by atoms with Crippen LogP contribution < -0.4 is 11.5 Å². The molecule has 0 aliphatic heterocycles. The molecule has 5 heteroatoms. The van der Waals surface area contributed by atoms with Crippen LogP contribution in [0.1, 0.15) is 69.7 Å². The molecule has 0 bridgehead atoms. The van der Waals surface area contributed by atoms with E-state index in [0.717, 1.165) is 90.1 Å². The van der Waals surface area contributed by atoms with Gasteiger partial charge in [0, 0.05) is 11.4 Å². The zero-order valence-electron chi connectivity index (χ0n) is 22.2. The predicted octanol–water partition coefficient (Wildman–Crippen LogP) is 6.99. The van der Waals surface area contributed by atoms with Crippen molar-refractivity contribution in [2.24, 2.45) is 9.98 Å². The molecule has 4 N–H and O–H groups in total. The highest BCUT2D eigenvalue weighted by atomic mass is 14.8. The molecule has 5 nitrogen and oxygen atoms in total. The van der Waals surface area contributed by atoms with Crippen LogP contribution in [0.5, 0.6) is 0 Å². The number of hydrogen-bond acceptors (Lipinski definition) is 5. The first kappa shape index (κ1) is 25.2. The van der Waals surface area contributed by atoms with Crippen LogP contribution in [0.15, 0.2) is 28.2 Å². The third-order valence-electron chi connectivity index (χ3n) is 7.34. The van der Waals surface area contributed by atoms with Crippen molar-refractivity contribution < 1.29 is 0 Å². The molecular formula is C29H37N5. The highest BCUT2D eigenvalue weighted by Crippen LogP contribution is 2.36. The fourth-order valence-corrected chi connectivity index (χ4v) is 4.27. The van der Waals surface area contributed by atoms with Gasteiger partial charge in [0.1, 0.15) is 0 Å². The summed E-state index contributed by atoms with van der Waals surface area (Å²) >= 11 is 0. The van der Waals surface area contributed by atoms with Crippen molar-refractivity contribution in [1.29, 1.82) is 0 Å². The van der Waals surface area contributed by atoms with Gasteiger partial charge < -0.3 is 11.5 Å². The molecule has 0 spiro atoms. The van der Waals surface area contributed by atoms with E-state index < -0.39 is 0 Å². The lowest BCUT2D eigenvalue weighted by Gasteiger charge is -2.16. The van der Waals surface area contributed by atoms with Crippen LogP contribution in [-0.2, 0) is 0 Å². The summed E-state index contributed by atoms with van der Waals surface area (Å²) in [6, 6.07) is 5.99. The van der Waals surface area contributed by atoms with E-state index in [0.29, 0.717) is 0 Å². The number of aliphatic imine (C=N–C) groups is 2. The fraction of sp³-hybridized carbons (Fsp3) is 0.345. The van der Waals surface area contributed by atoms with E-state index in [9.17, 15) is 0 Å². The zero-order valence-corrected chi connectivity index (χ0v) is 22.2. The van der Waals surface area contributed by atoms with Crippen LogP contribution in [0.3, 0.4) is 0 Å². The Kier molecular flexibility index (Phi) is 6.97. The molecule has 0 saturated heterocycles. The van der Waals surface area contributed by atoms with Crippen LogP contribution >= 0.6 is 0 Å². The van der Waals surface area contributed by atoms with Crippen molar-refractivity contribution in [2.45, 2.75) is 69.2 Å². The van der Waals surface area contributed by atoms with Crippen LogP contribution in [-0.4, -0.2) is 16.4 Å². The number of nitrogens with zero attached hydrogens (tertiary/aromatic N) is 3. The van der Waals surface area contributed by atoms with Gasteiger partial charge in [-0.2, -0.15) is 0 Å². The highest BCUT2D eigenvalue weighted by molar-refractivity contribution is 6.03. The molecule has 3 rings (SSSR count). The standard InChI is InChI=1S/C29H37N5/c1-14-18(5)28(19(6)15(2)26(14)30)32-22(9)24-12-11-13-25(34-24)23(10)33-29-20(7)16(3)27(31)17(4)21(29)8/h11-13H,30-31H2,1-10H3. The molecule has 1 aromatic heterocycles. The Bertz CT molecular complexity index is 1200. The van der Waals surface area contributed by atoms with Crippen LogP contribution in [0, 0.1) is 55.4 Å². The van der Waals surface area contributed by atoms with E-state index in [4.69, 9.17) is 26.4 Å².